The molecule has 2 nitrogen and oxygen atoms in total. The van der Waals surface area contributed by atoms with Crippen molar-refractivity contribution in [3.63, 3.8) is 0 Å². The summed E-state index contributed by atoms with van der Waals surface area (Å²) in [6.07, 6.45) is -13.7. The molecule has 0 fully saturated rings. The van der Waals surface area contributed by atoms with Crippen molar-refractivity contribution in [2.45, 2.75) is 24.9 Å². The van der Waals surface area contributed by atoms with Crippen LogP contribution in [0.4, 0.5) is 48.3 Å². The van der Waals surface area contributed by atoms with Gasteiger partial charge in [-0.25, -0.2) is 26.7 Å². The van der Waals surface area contributed by atoms with E-state index in [-0.39, 0.29) is 0 Å². The number of carbonyl (C=O) groups is 1. The SMILES string of the molecule is C=C(C)C(=O)OC(c1c(F)c(F)c(F)c(F)c1F)(C(F)(F)F)C(F)(F)F. The van der Waals surface area contributed by atoms with Gasteiger partial charge < -0.3 is 4.74 Å². The monoisotopic (exact) mass is 402 g/mol. The summed E-state index contributed by atoms with van der Waals surface area (Å²) in [5.74, 6) is -18.6. The summed E-state index contributed by atoms with van der Waals surface area (Å²) in [5, 5.41) is 0. The van der Waals surface area contributed by atoms with E-state index in [0.717, 1.165) is 0 Å². The minimum atomic E-state index is -6.87. The smallest absolute Gasteiger partial charge is 0.431 e. The van der Waals surface area contributed by atoms with Crippen LogP contribution < -0.4 is 0 Å². The standard InChI is InChI=1S/C13H5F11O2/c1-3(2)10(25)26-11(12(19,20)21,13(22,23)24)4-5(14)7(16)9(18)8(17)6(4)15/h1H2,2H3. The predicted molar refractivity (Wildman–Crippen MR) is 60.9 cm³/mol. The molecule has 1 rings (SSSR count). The van der Waals surface area contributed by atoms with Crippen molar-refractivity contribution in [3.05, 3.63) is 46.8 Å². The molecule has 0 aliphatic rings. The van der Waals surface area contributed by atoms with E-state index in [9.17, 15) is 53.1 Å². The molecule has 0 bridgehead atoms. The van der Waals surface area contributed by atoms with Gasteiger partial charge in [-0.2, -0.15) is 26.3 Å². The Labute approximate surface area is 136 Å². The van der Waals surface area contributed by atoms with Gasteiger partial charge in [0.1, 0.15) is 0 Å². The van der Waals surface area contributed by atoms with Gasteiger partial charge >= 0.3 is 23.9 Å². The first-order valence-corrected chi connectivity index (χ1v) is 6.04. The fraction of sp³-hybridized carbons (Fsp3) is 0.308. The van der Waals surface area contributed by atoms with Gasteiger partial charge in [0.05, 0.1) is 5.56 Å². The molecule has 1 aromatic carbocycles. The van der Waals surface area contributed by atoms with Crippen molar-refractivity contribution in [3.8, 4) is 0 Å². The maximum absolute atomic E-state index is 13.7. The highest BCUT2D eigenvalue weighted by Gasteiger charge is 2.77. The zero-order valence-corrected chi connectivity index (χ0v) is 12.2. The lowest BCUT2D eigenvalue weighted by atomic mass is 9.90. The first-order chi connectivity index (χ1) is 11.5. The normalized spacial score (nSPS) is 12.9. The van der Waals surface area contributed by atoms with Gasteiger partial charge in [0, 0.05) is 5.57 Å². The molecular formula is C13H5F11O2. The molecule has 146 valence electrons. The molecule has 0 saturated heterocycles. The second kappa shape index (κ2) is 6.43. The molecular weight excluding hydrogens is 397 g/mol. The van der Waals surface area contributed by atoms with Gasteiger partial charge in [-0.05, 0) is 6.92 Å². The maximum Gasteiger partial charge on any atom is 0.442 e. The van der Waals surface area contributed by atoms with E-state index in [4.69, 9.17) is 0 Å². The molecule has 0 saturated carbocycles. The number of benzene rings is 1. The van der Waals surface area contributed by atoms with Gasteiger partial charge in [-0.15, -0.1) is 0 Å². The molecule has 0 spiro atoms. The molecule has 26 heavy (non-hydrogen) atoms. The van der Waals surface area contributed by atoms with Crippen molar-refractivity contribution >= 4 is 5.97 Å². The van der Waals surface area contributed by atoms with Crippen LogP contribution in [0.3, 0.4) is 0 Å². The number of rotatable bonds is 3. The number of hydrogen-bond acceptors (Lipinski definition) is 2. The Morgan fingerprint density at radius 2 is 1.08 bits per heavy atom. The quantitative estimate of drug-likeness (QED) is 0.238. The lowest BCUT2D eigenvalue weighted by Crippen LogP contribution is -2.58. The predicted octanol–water partition coefficient (Wildman–Crippen LogP) is 4.82. The Morgan fingerprint density at radius 3 is 1.35 bits per heavy atom. The minimum Gasteiger partial charge on any atom is -0.431 e. The third-order valence-electron chi connectivity index (χ3n) is 2.95. The number of esters is 1. The molecule has 1 aromatic rings. The van der Waals surface area contributed by atoms with Crippen molar-refractivity contribution in [1.29, 1.82) is 0 Å². The van der Waals surface area contributed by atoms with Crippen LogP contribution in [-0.2, 0) is 15.1 Å². The number of hydrogen-bond donors (Lipinski definition) is 0. The molecule has 0 amide bonds. The van der Waals surface area contributed by atoms with Crippen molar-refractivity contribution in [2.24, 2.45) is 0 Å². The van der Waals surface area contributed by atoms with Crippen molar-refractivity contribution < 1.29 is 57.8 Å². The number of ether oxygens (including phenoxy) is 1. The third kappa shape index (κ3) is 3.09. The topological polar surface area (TPSA) is 26.3 Å². The summed E-state index contributed by atoms with van der Waals surface area (Å²) in [4.78, 5) is 11.3. The van der Waals surface area contributed by atoms with E-state index >= 15 is 0 Å². The van der Waals surface area contributed by atoms with Gasteiger partial charge in [-0.3, -0.25) is 0 Å². The molecule has 0 radical (unpaired) electrons. The highest BCUT2D eigenvalue weighted by Crippen LogP contribution is 2.55. The molecule has 0 aliphatic carbocycles. The van der Waals surface area contributed by atoms with Crippen LogP contribution >= 0.6 is 0 Å². The zero-order valence-electron chi connectivity index (χ0n) is 12.2. The van der Waals surface area contributed by atoms with Crippen LogP contribution in [0.15, 0.2) is 12.2 Å². The van der Waals surface area contributed by atoms with E-state index < -0.39 is 64.1 Å². The van der Waals surface area contributed by atoms with Crippen LogP contribution in [0.1, 0.15) is 12.5 Å². The zero-order chi connectivity index (χ0) is 20.8. The van der Waals surface area contributed by atoms with Crippen LogP contribution in [0.25, 0.3) is 0 Å². The Kier molecular flexibility index (Phi) is 5.37. The Morgan fingerprint density at radius 1 is 0.769 bits per heavy atom. The van der Waals surface area contributed by atoms with E-state index in [1.165, 1.54) is 0 Å². The minimum absolute atomic E-state index is 0.582. The van der Waals surface area contributed by atoms with Gasteiger partial charge in [0.2, 0.25) is 5.82 Å². The molecule has 0 aliphatic heterocycles. The van der Waals surface area contributed by atoms with E-state index in [1.54, 1.807) is 0 Å². The molecule has 0 aromatic heterocycles. The first-order valence-electron chi connectivity index (χ1n) is 6.04. The fourth-order valence-electron chi connectivity index (χ4n) is 1.75. The van der Waals surface area contributed by atoms with Crippen LogP contribution in [0.5, 0.6) is 0 Å². The fourth-order valence-corrected chi connectivity index (χ4v) is 1.75. The maximum atomic E-state index is 13.7. The van der Waals surface area contributed by atoms with Crippen LogP contribution in [0.2, 0.25) is 0 Å². The van der Waals surface area contributed by atoms with E-state index in [0.29, 0.717) is 6.92 Å². The molecule has 0 heterocycles. The molecule has 0 atom stereocenters. The van der Waals surface area contributed by atoms with E-state index in [1.807, 2.05) is 0 Å². The van der Waals surface area contributed by atoms with Gasteiger partial charge in [-0.1, -0.05) is 6.58 Å². The van der Waals surface area contributed by atoms with Crippen molar-refractivity contribution in [2.75, 3.05) is 0 Å². The second-order valence-corrected chi connectivity index (χ2v) is 4.79. The Bertz CT molecular complexity index is 718. The van der Waals surface area contributed by atoms with Crippen LogP contribution in [0, 0.1) is 29.1 Å². The highest BCUT2D eigenvalue weighted by molar-refractivity contribution is 5.87. The number of halogens is 11. The summed E-state index contributed by atoms with van der Waals surface area (Å²) in [6.45, 7) is 3.27. The molecule has 0 N–H and O–H groups in total. The first kappa shape index (κ1) is 21.7. The Balaban J connectivity index is 4.13. The number of carbonyl (C=O) groups excluding carboxylic acids is 1. The second-order valence-electron chi connectivity index (χ2n) is 4.79. The summed E-state index contributed by atoms with van der Waals surface area (Å²) in [5.41, 5.74) is -10.7. The molecule has 13 heteroatoms. The van der Waals surface area contributed by atoms with E-state index in [2.05, 4.69) is 11.3 Å². The highest BCUT2D eigenvalue weighted by atomic mass is 19.4. The average molecular weight is 402 g/mol. The van der Waals surface area contributed by atoms with Gasteiger partial charge in [0.15, 0.2) is 23.3 Å². The third-order valence-corrected chi connectivity index (χ3v) is 2.95. The lowest BCUT2D eigenvalue weighted by Gasteiger charge is -2.37. The summed E-state index contributed by atoms with van der Waals surface area (Å²) in [6, 6.07) is 0. The Hall–Kier alpha value is -2.34. The summed E-state index contributed by atoms with van der Waals surface area (Å²) in [7, 11) is 0. The molecule has 0 unspecified atom stereocenters. The van der Waals surface area contributed by atoms with Crippen LogP contribution in [-0.4, -0.2) is 18.3 Å². The largest absolute Gasteiger partial charge is 0.442 e. The average Bonchev–Trinajstić information content (AvgIpc) is 2.47. The number of alkyl halides is 6. The lowest BCUT2D eigenvalue weighted by molar-refractivity contribution is -0.378. The summed E-state index contributed by atoms with van der Waals surface area (Å²) < 4.78 is 149. The van der Waals surface area contributed by atoms with Gasteiger partial charge in [0.25, 0.3) is 0 Å². The summed E-state index contributed by atoms with van der Waals surface area (Å²) >= 11 is 0. The van der Waals surface area contributed by atoms with Crippen molar-refractivity contribution in [1.82, 2.24) is 0 Å².